The van der Waals surface area contributed by atoms with Gasteiger partial charge in [-0.05, 0) is 31.2 Å². The van der Waals surface area contributed by atoms with Gasteiger partial charge in [-0.3, -0.25) is 9.59 Å². The zero-order valence-corrected chi connectivity index (χ0v) is 17.4. The van der Waals surface area contributed by atoms with Gasteiger partial charge in [-0.25, -0.2) is 0 Å². The van der Waals surface area contributed by atoms with Crippen molar-refractivity contribution in [3.63, 3.8) is 0 Å². The molecule has 0 radical (unpaired) electrons. The molecule has 2 N–H and O–H groups in total. The van der Waals surface area contributed by atoms with E-state index in [1.54, 1.807) is 38.4 Å². The van der Waals surface area contributed by atoms with Crippen LogP contribution in [-0.2, 0) is 4.74 Å². The number of benzene rings is 2. The Morgan fingerprint density at radius 2 is 1.20 bits per heavy atom. The molecule has 0 aromatic heterocycles. The maximum Gasteiger partial charge on any atom is 0.251 e. The molecular formula is C19H28N2O3Si. The first-order chi connectivity index (χ1) is 12.1. The summed E-state index contributed by atoms with van der Waals surface area (Å²) in [6.07, 6.45) is 0.983. The highest BCUT2D eigenvalue weighted by Gasteiger charge is 1.98. The minimum atomic E-state index is -0.0411. The fourth-order valence-electron chi connectivity index (χ4n) is 1.67. The van der Waals surface area contributed by atoms with Crippen LogP contribution in [0.5, 0.6) is 0 Å². The Labute approximate surface area is 153 Å². The van der Waals surface area contributed by atoms with E-state index in [2.05, 4.69) is 10.6 Å². The van der Waals surface area contributed by atoms with E-state index in [9.17, 15) is 9.59 Å². The summed E-state index contributed by atoms with van der Waals surface area (Å²) in [5.74, 6) is -0.0822. The molecule has 0 aliphatic heterocycles. The molecule has 0 saturated heterocycles. The molecule has 136 valence electrons. The van der Waals surface area contributed by atoms with Crippen LogP contribution in [0.25, 0.3) is 0 Å². The number of ether oxygens (including phenoxy) is 1. The van der Waals surface area contributed by atoms with Crippen LogP contribution in [0.3, 0.4) is 0 Å². The Hall–Kier alpha value is -2.44. The summed E-state index contributed by atoms with van der Waals surface area (Å²) in [5.41, 5.74) is 1.40. The summed E-state index contributed by atoms with van der Waals surface area (Å²) in [6, 6.07) is 18.2. The smallest absolute Gasteiger partial charge is 0.251 e. The fourth-order valence-corrected chi connectivity index (χ4v) is 2.08. The van der Waals surface area contributed by atoms with Crippen molar-refractivity contribution < 1.29 is 14.3 Å². The summed E-state index contributed by atoms with van der Waals surface area (Å²) in [5, 5.41) is 5.08. The molecule has 0 spiro atoms. The first-order valence-corrected chi connectivity index (χ1v) is 9.64. The van der Waals surface area contributed by atoms with Gasteiger partial charge in [0, 0.05) is 48.3 Å². The highest BCUT2D eigenvalue weighted by Crippen LogP contribution is 1.97. The lowest BCUT2D eigenvalue weighted by Crippen LogP contribution is -2.17. The van der Waals surface area contributed by atoms with Crippen LogP contribution in [0.2, 0.25) is 0 Å². The SMILES string of the molecule is CCOC[SiH3].CNC(=O)c1ccccc1.CNC(=O)c1ccccc1. The predicted octanol–water partition coefficient (Wildman–Crippen LogP) is 1.44. The number of hydrogen-bond donors (Lipinski definition) is 2. The summed E-state index contributed by atoms with van der Waals surface area (Å²) in [6.45, 7) is 2.89. The van der Waals surface area contributed by atoms with Crippen LogP contribution < -0.4 is 10.6 Å². The largest absolute Gasteiger partial charge is 0.386 e. The summed E-state index contributed by atoms with van der Waals surface area (Å²) in [4.78, 5) is 21.8. The number of nitrogens with one attached hydrogen (secondary N) is 2. The third-order valence-corrected chi connectivity index (χ3v) is 3.34. The zero-order valence-electron chi connectivity index (χ0n) is 15.4. The zero-order chi connectivity index (χ0) is 18.9. The van der Waals surface area contributed by atoms with Crippen molar-refractivity contribution in [1.82, 2.24) is 10.6 Å². The van der Waals surface area contributed by atoms with Crippen LogP contribution in [0, 0.1) is 0 Å². The molecule has 0 bridgehead atoms. The Morgan fingerprint density at radius 3 is 1.40 bits per heavy atom. The lowest BCUT2D eigenvalue weighted by atomic mass is 10.2. The van der Waals surface area contributed by atoms with E-state index in [0.717, 1.165) is 12.8 Å². The standard InChI is InChI=1S/2C8H9NO.C3H10OSi/c2*1-9-8(10)7-5-3-2-4-6-7;1-2-4-3-5/h2*2-6H,1H3,(H,9,10);2-3H2,1,5H3. The number of amides is 2. The van der Waals surface area contributed by atoms with Gasteiger partial charge in [-0.1, -0.05) is 36.4 Å². The second-order valence-electron chi connectivity index (χ2n) is 4.67. The molecule has 0 saturated carbocycles. The average molecular weight is 361 g/mol. The second-order valence-corrected chi connectivity index (χ2v) is 5.25. The molecule has 0 unspecified atom stereocenters. The summed E-state index contributed by atoms with van der Waals surface area (Å²) < 4.78 is 4.90. The van der Waals surface area contributed by atoms with Gasteiger partial charge < -0.3 is 15.4 Å². The van der Waals surface area contributed by atoms with Crippen molar-refractivity contribution >= 4 is 22.1 Å². The van der Waals surface area contributed by atoms with E-state index in [1.807, 2.05) is 43.3 Å². The van der Waals surface area contributed by atoms with Crippen LogP contribution in [0.1, 0.15) is 27.6 Å². The molecule has 0 aliphatic carbocycles. The van der Waals surface area contributed by atoms with Gasteiger partial charge in [-0.15, -0.1) is 0 Å². The van der Waals surface area contributed by atoms with Crippen molar-refractivity contribution in [1.29, 1.82) is 0 Å². The molecule has 2 rings (SSSR count). The Kier molecular flexibility index (Phi) is 13.6. The van der Waals surface area contributed by atoms with Gasteiger partial charge in [-0.2, -0.15) is 0 Å². The Bertz CT molecular complexity index is 539. The van der Waals surface area contributed by atoms with Gasteiger partial charge >= 0.3 is 0 Å². The van der Waals surface area contributed by atoms with Gasteiger partial charge in [0.1, 0.15) is 0 Å². The van der Waals surface area contributed by atoms with E-state index in [1.165, 1.54) is 10.2 Å². The molecule has 6 heteroatoms. The summed E-state index contributed by atoms with van der Waals surface area (Å²) in [7, 11) is 4.42. The third kappa shape index (κ3) is 10.9. The topological polar surface area (TPSA) is 67.4 Å². The molecule has 0 fully saturated rings. The third-order valence-electron chi connectivity index (χ3n) is 2.93. The van der Waals surface area contributed by atoms with E-state index in [4.69, 9.17) is 4.74 Å². The van der Waals surface area contributed by atoms with Crippen molar-refractivity contribution in [3.05, 3.63) is 71.8 Å². The van der Waals surface area contributed by atoms with Gasteiger partial charge in [0.15, 0.2) is 0 Å². The lowest BCUT2D eigenvalue weighted by molar-refractivity contribution is 0.0955. The van der Waals surface area contributed by atoms with Crippen molar-refractivity contribution in [2.75, 3.05) is 26.9 Å². The maximum absolute atomic E-state index is 10.9. The van der Waals surface area contributed by atoms with Crippen LogP contribution in [0.4, 0.5) is 0 Å². The van der Waals surface area contributed by atoms with Crippen LogP contribution >= 0.6 is 0 Å². The van der Waals surface area contributed by atoms with E-state index < -0.39 is 0 Å². The monoisotopic (exact) mass is 360 g/mol. The molecule has 2 aromatic carbocycles. The van der Waals surface area contributed by atoms with Gasteiger partial charge in [0.05, 0.1) is 0 Å². The average Bonchev–Trinajstić information content (AvgIpc) is 2.69. The molecule has 5 nitrogen and oxygen atoms in total. The van der Waals surface area contributed by atoms with Crippen molar-refractivity contribution in [2.45, 2.75) is 6.92 Å². The molecule has 0 atom stereocenters. The minimum absolute atomic E-state index is 0.0411. The van der Waals surface area contributed by atoms with Crippen LogP contribution in [0.15, 0.2) is 60.7 Å². The molecule has 25 heavy (non-hydrogen) atoms. The highest BCUT2D eigenvalue weighted by molar-refractivity contribution is 6.08. The first kappa shape index (κ1) is 22.6. The fraction of sp³-hybridized carbons (Fsp3) is 0.263. The van der Waals surface area contributed by atoms with Crippen LogP contribution in [-0.4, -0.2) is 49.0 Å². The molecule has 2 aromatic rings. The number of carbonyl (C=O) groups excluding carboxylic acids is 2. The van der Waals surface area contributed by atoms with Gasteiger partial charge in [0.25, 0.3) is 11.8 Å². The molecule has 2 amide bonds. The number of rotatable bonds is 4. The summed E-state index contributed by atoms with van der Waals surface area (Å²) >= 11 is 0. The lowest BCUT2D eigenvalue weighted by Gasteiger charge is -1.96. The quantitative estimate of drug-likeness (QED) is 0.811. The van der Waals surface area contributed by atoms with E-state index in [0.29, 0.717) is 11.1 Å². The van der Waals surface area contributed by atoms with Crippen molar-refractivity contribution in [2.24, 2.45) is 0 Å². The maximum atomic E-state index is 10.9. The van der Waals surface area contributed by atoms with Gasteiger partial charge in [0.2, 0.25) is 0 Å². The Morgan fingerprint density at radius 1 is 0.840 bits per heavy atom. The first-order valence-electron chi connectivity index (χ1n) is 8.22. The molecule has 0 aliphatic rings. The molecular weight excluding hydrogens is 332 g/mol. The number of hydrogen-bond acceptors (Lipinski definition) is 3. The second kappa shape index (κ2) is 15.1. The number of carbonyl (C=O) groups is 2. The normalized spacial score (nSPS) is 8.92. The highest BCUT2D eigenvalue weighted by atomic mass is 28.1. The minimum Gasteiger partial charge on any atom is -0.386 e. The Balaban J connectivity index is 0.000000368. The van der Waals surface area contributed by atoms with E-state index >= 15 is 0 Å². The molecule has 0 heterocycles. The predicted molar refractivity (Wildman–Crippen MR) is 106 cm³/mol. The van der Waals surface area contributed by atoms with E-state index in [-0.39, 0.29) is 11.8 Å². The van der Waals surface area contributed by atoms with Crippen molar-refractivity contribution in [3.8, 4) is 0 Å².